The zero-order valence-electron chi connectivity index (χ0n) is 26.0. The van der Waals surface area contributed by atoms with Crippen molar-refractivity contribution in [1.82, 2.24) is 4.98 Å². The van der Waals surface area contributed by atoms with Crippen LogP contribution in [0.2, 0.25) is 0 Å². The molecule has 2 fully saturated rings. The molecular formula is C35H38INO8. The molecule has 45 heavy (non-hydrogen) atoms. The number of fused-ring (bicyclic) bond motifs is 4. The van der Waals surface area contributed by atoms with Gasteiger partial charge in [-0.25, -0.2) is 9.59 Å². The van der Waals surface area contributed by atoms with E-state index in [0.717, 1.165) is 16.4 Å². The lowest BCUT2D eigenvalue weighted by Gasteiger charge is -2.66. The highest BCUT2D eigenvalue weighted by Crippen LogP contribution is 2.68. The van der Waals surface area contributed by atoms with Gasteiger partial charge in [0.05, 0.1) is 18.3 Å². The van der Waals surface area contributed by atoms with Gasteiger partial charge in [0.1, 0.15) is 28.8 Å². The Balaban J connectivity index is 1.49. The predicted octanol–water partition coefficient (Wildman–Crippen LogP) is 6.36. The maximum atomic E-state index is 13.7. The number of aromatic nitrogens is 1. The molecule has 1 N–H and O–H groups in total. The molecule has 0 amide bonds. The fraction of sp³-hybridized carbons (Fsp3) is 0.486. The van der Waals surface area contributed by atoms with Gasteiger partial charge in [0.2, 0.25) is 0 Å². The minimum atomic E-state index is -1.27. The average molecular weight is 728 g/mol. The number of aliphatic hydroxyl groups is 1. The molecule has 1 aliphatic heterocycles. The minimum Gasteiger partial charge on any atom is -0.482 e. The van der Waals surface area contributed by atoms with E-state index in [0.29, 0.717) is 17.5 Å². The molecule has 0 saturated heterocycles. The van der Waals surface area contributed by atoms with Crippen molar-refractivity contribution in [2.24, 2.45) is 28.6 Å². The van der Waals surface area contributed by atoms with E-state index in [-0.39, 0.29) is 41.5 Å². The normalized spacial score (nSPS) is 33.5. The van der Waals surface area contributed by atoms with Crippen LogP contribution in [0.25, 0.3) is 11.3 Å². The average Bonchev–Trinajstić information content (AvgIpc) is 2.99. The summed E-state index contributed by atoms with van der Waals surface area (Å²) in [5, 5.41) is 12.2. The lowest BCUT2D eigenvalue weighted by molar-refractivity contribution is -0.257. The molecule has 0 bridgehead atoms. The number of halogens is 1. The van der Waals surface area contributed by atoms with Crippen LogP contribution in [0.5, 0.6) is 5.75 Å². The van der Waals surface area contributed by atoms with Gasteiger partial charge in [0.15, 0.2) is 0 Å². The standard InChI is InChI=1S/C35H38INO8/c1-19-12-13-33(3)26(34(19,4)18-42-20(2)38)16-27(44-31(40)21-8-10-23(36)11-9-21)35(5)30(33)29(39)28-25(45-35)15-24(43-32(28)41)22-7-6-14-37-17-22/h6-11,14-15,17,19,26-27,29-30,39H,12-13,16,18H2,1-5H3/t19-,26?,27-,29-,30?,33-,34?,35+/m0/s1. The van der Waals surface area contributed by atoms with Crippen LogP contribution in [0, 0.1) is 32.2 Å². The van der Waals surface area contributed by atoms with E-state index in [4.69, 9.17) is 18.6 Å². The van der Waals surface area contributed by atoms with E-state index >= 15 is 0 Å². The van der Waals surface area contributed by atoms with Crippen molar-refractivity contribution < 1.29 is 33.3 Å². The summed E-state index contributed by atoms with van der Waals surface area (Å²) in [6.07, 6.45) is 3.11. The molecule has 6 rings (SSSR count). The molecule has 238 valence electrons. The van der Waals surface area contributed by atoms with E-state index in [1.807, 2.05) is 19.1 Å². The summed E-state index contributed by atoms with van der Waals surface area (Å²) < 4.78 is 25.5. The van der Waals surface area contributed by atoms with Crippen LogP contribution < -0.4 is 10.4 Å². The molecule has 3 heterocycles. The maximum Gasteiger partial charge on any atom is 0.345 e. The van der Waals surface area contributed by atoms with Crippen molar-refractivity contribution in [1.29, 1.82) is 0 Å². The van der Waals surface area contributed by atoms with Crippen molar-refractivity contribution in [2.75, 3.05) is 6.61 Å². The van der Waals surface area contributed by atoms with Gasteiger partial charge >= 0.3 is 17.6 Å². The quantitative estimate of drug-likeness (QED) is 0.236. The molecule has 0 radical (unpaired) electrons. The number of pyridine rings is 1. The van der Waals surface area contributed by atoms with Crippen molar-refractivity contribution in [3.63, 3.8) is 0 Å². The number of carbonyl (C=O) groups is 2. The third-order valence-corrected chi connectivity index (χ3v) is 11.7. The van der Waals surface area contributed by atoms with Crippen molar-refractivity contribution in [3.05, 3.63) is 80.0 Å². The summed E-state index contributed by atoms with van der Waals surface area (Å²) in [6.45, 7) is 9.85. The number of hydrogen-bond acceptors (Lipinski definition) is 9. The Labute approximate surface area is 275 Å². The lowest BCUT2D eigenvalue weighted by Crippen LogP contribution is -2.70. The molecule has 2 saturated carbocycles. The zero-order valence-corrected chi connectivity index (χ0v) is 28.2. The Bertz CT molecular complexity index is 1680. The van der Waals surface area contributed by atoms with Crippen LogP contribution in [0.1, 0.15) is 75.9 Å². The van der Waals surface area contributed by atoms with Gasteiger partial charge in [-0.1, -0.05) is 20.8 Å². The second kappa shape index (κ2) is 11.5. The molecule has 2 aliphatic carbocycles. The molecule has 10 heteroatoms. The number of rotatable bonds is 5. The highest BCUT2D eigenvalue weighted by Gasteiger charge is 2.70. The zero-order chi connectivity index (χ0) is 32.3. The van der Waals surface area contributed by atoms with E-state index < -0.39 is 46.2 Å². The number of aliphatic hydroxyl groups excluding tert-OH is 1. The first kappa shape index (κ1) is 31.7. The van der Waals surface area contributed by atoms with Crippen LogP contribution in [-0.2, 0) is 14.3 Å². The van der Waals surface area contributed by atoms with Crippen LogP contribution in [0.15, 0.2) is 64.1 Å². The van der Waals surface area contributed by atoms with Crippen molar-refractivity contribution >= 4 is 34.5 Å². The Morgan fingerprint density at radius 3 is 2.56 bits per heavy atom. The molecule has 1 aromatic carbocycles. The van der Waals surface area contributed by atoms with E-state index in [1.54, 1.807) is 42.7 Å². The number of nitrogens with zero attached hydrogens (tertiary/aromatic N) is 1. The molecule has 3 aromatic rings. The minimum absolute atomic E-state index is 0.0509. The molecule has 0 spiro atoms. The van der Waals surface area contributed by atoms with Crippen molar-refractivity contribution in [2.45, 2.75) is 71.7 Å². The summed E-state index contributed by atoms with van der Waals surface area (Å²) in [6, 6.07) is 12.2. The van der Waals surface area contributed by atoms with Gasteiger partial charge in [-0.15, -0.1) is 0 Å². The smallest absolute Gasteiger partial charge is 0.345 e. The lowest BCUT2D eigenvalue weighted by atomic mass is 9.41. The van der Waals surface area contributed by atoms with Crippen LogP contribution in [0.3, 0.4) is 0 Å². The SMILES string of the molecule is CC(=O)OCC1(C)C2C[C@H](OC(=O)c3ccc(I)cc3)[C@@]3(C)Oc4cc(-c5cccnc5)oc(=O)c4[C@H](O)C3[C@@]2(C)CC[C@@H]1C. The fourth-order valence-electron chi connectivity index (χ4n) is 8.48. The highest BCUT2D eigenvalue weighted by molar-refractivity contribution is 14.1. The maximum absolute atomic E-state index is 13.7. The molecule has 8 atom stereocenters. The second-order valence-electron chi connectivity index (χ2n) is 13.5. The summed E-state index contributed by atoms with van der Waals surface area (Å²) in [5.41, 5.74) is -1.93. The monoisotopic (exact) mass is 727 g/mol. The third-order valence-electron chi connectivity index (χ3n) is 11.0. The van der Waals surface area contributed by atoms with Crippen molar-refractivity contribution in [3.8, 4) is 17.1 Å². The summed E-state index contributed by atoms with van der Waals surface area (Å²) >= 11 is 2.18. The molecule has 2 aromatic heterocycles. The Hall–Kier alpha value is -3.25. The number of ether oxygens (including phenoxy) is 3. The van der Waals surface area contributed by atoms with Gasteiger partial charge in [-0.2, -0.15) is 0 Å². The molecule has 3 aliphatic rings. The molecule has 9 nitrogen and oxygen atoms in total. The second-order valence-corrected chi connectivity index (χ2v) is 14.8. The number of carbonyl (C=O) groups excluding carboxylic acids is 2. The Morgan fingerprint density at radius 1 is 1.16 bits per heavy atom. The summed E-state index contributed by atoms with van der Waals surface area (Å²) in [5.74, 6) is -1.04. The predicted molar refractivity (Wildman–Crippen MR) is 173 cm³/mol. The van der Waals surface area contributed by atoms with E-state index in [1.165, 1.54) is 6.92 Å². The molecular weight excluding hydrogens is 689 g/mol. The molecule has 3 unspecified atom stereocenters. The number of esters is 2. The van der Waals surface area contributed by atoms with Crippen LogP contribution in [-0.4, -0.2) is 40.3 Å². The topological polar surface area (TPSA) is 125 Å². The van der Waals surface area contributed by atoms with Gasteiger partial charge in [-0.05, 0) is 102 Å². The fourth-order valence-corrected chi connectivity index (χ4v) is 8.84. The Morgan fingerprint density at radius 2 is 1.89 bits per heavy atom. The van der Waals surface area contributed by atoms with Crippen LogP contribution >= 0.6 is 22.6 Å². The van der Waals surface area contributed by atoms with Crippen LogP contribution in [0.4, 0.5) is 0 Å². The summed E-state index contributed by atoms with van der Waals surface area (Å²) in [7, 11) is 0. The first-order valence-electron chi connectivity index (χ1n) is 15.3. The van der Waals surface area contributed by atoms with E-state index in [2.05, 4.69) is 48.3 Å². The first-order valence-corrected chi connectivity index (χ1v) is 16.4. The van der Waals surface area contributed by atoms with E-state index in [9.17, 15) is 19.5 Å². The number of benzene rings is 1. The highest BCUT2D eigenvalue weighted by atomic mass is 127. The first-order chi connectivity index (χ1) is 21.3. The third kappa shape index (κ3) is 5.27. The summed E-state index contributed by atoms with van der Waals surface area (Å²) in [4.78, 5) is 43.4. The van der Waals surface area contributed by atoms with Gasteiger partial charge in [0.25, 0.3) is 0 Å². The Kier molecular flexibility index (Phi) is 8.12. The number of hydrogen-bond donors (Lipinski definition) is 1. The van der Waals surface area contributed by atoms with Gasteiger partial charge in [-0.3, -0.25) is 9.78 Å². The van der Waals surface area contributed by atoms with Gasteiger partial charge in [0, 0.05) is 45.9 Å². The van der Waals surface area contributed by atoms with Gasteiger partial charge < -0.3 is 23.7 Å². The largest absolute Gasteiger partial charge is 0.482 e.